The lowest BCUT2D eigenvalue weighted by Crippen LogP contribution is -2.25. The van der Waals surface area contributed by atoms with Gasteiger partial charge in [0.05, 0.1) is 6.61 Å². The van der Waals surface area contributed by atoms with Gasteiger partial charge in [-0.05, 0) is 82.8 Å². The van der Waals surface area contributed by atoms with Gasteiger partial charge < -0.3 is 14.4 Å². The second-order valence-electron chi connectivity index (χ2n) is 17.7. The largest absolute Gasteiger partial charge is 0.465 e. The van der Waals surface area contributed by atoms with Crippen LogP contribution in [0.5, 0.6) is 0 Å². The summed E-state index contributed by atoms with van der Waals surface area (Å²) >= 11 is 0. The van der Waals surface area contributed by atoms with Gasteiger partial charge in [-0.25, -0.2) is 0 Å². The summed E-state index contributed by atoms with van der Waals surface area (Å²) in [6, 6.07) is 0. The summed E-state index contributed by atoms with van der Waals surface area (Å²) in [5.41, 5.74) is 0. The molecule has 0 rings (SSSR count). The first-order valence-electron chi connectivity index (χ1n) is 25.6. The van der Waals surface area contributed by atoms with Gasteiger partial charge in [-0.2, -0.15) is 0 Å². The maximum atomic E-state index is 12.5. The SMILES string of the molecule is CCCCCCCCCC(CCCCCC)COC(=O)CCCCCCCN(CC)CCCCCCCCOCC(CCCCCC)CCCCCCCC. The first-order valence-corrected chi connectivity index (χ1v) is 25.6. The maximum absolute atomic E-state index is 12.5. The van der Waals surface area contributed by atoms with Crippen LogP contribution in [-0.4, -0.2) is 50.3 Å². The number of hydrogen-bond acceptors (Lipinski definition) is 4. The van der Waals surface area contributed by atoms with Crippen LogP contribution in [0.2, 0.25) is 0 Å². The Hall–Kier alpha value is -0.610. The van der Waals surface area contributed by atoms with Crippen molar-refractivity contribution in [3.05, 3.63) is 0 Å². The van der Waals surface area contributed by atoms with E-state index in [1.54, 1.807) is 0 Å². The topological polar surface area (TPSA) is 38.8 Å². The highest BCUT2D eigenvalue weighted by atomic mass is 16.5. The molecule has 0 aromatic rings. The molecule has 330 valence electrons. The van der Waals surface area contributed by atoms with Crippen molar-refractivity contribution in [3.8, 4) is 0 Å². The fraction of sp³-hybridized carbons (Fsp3) is 0.980. The van der Waals surface area contributed by atoms with Crippen LogP contribution in [0.15, 0.2) is 0 Å². The Morgan fingerprint density at radius 2 is 0.745 bits per heavy atom. The quantitative estimate of drug-likeness (QED) is 0.0456. The Morgan fingerprint density at radius 1 is 0.400 bits per heavy atom. The number of nitrogens with zero attached hydrogens (tertiary/aromatic N) is 1. The van der Waals surface area contributed by atoms with Crippen molar-refractivity contribution in [2.75, 3.05) is 39.5 Å². The van der Waals surface area contributed by atoms with E-state index in [0.717, 1.165) is 32.0 Å². The molecule has 0 saturated heterocycles. The van der Waals surface area contributed by atoms with Crippen LogP contribution in [0.3, 0.4) is 0 Å². The second kappa shape index (κ2) is 46.1. The molecule has 0 spiro atoms. The van der Waals surface area contributed by atoms with Gasteiger partial charge in [0, 0.05) is 19.6 Å². The number of unbranched alkanes of at least 4 members (excludes halogenated alkanes) is 26. The van der Waals surface area contributed by atoms with E-state index in [0.29, 0.717) is 18.9 Å². The van der Waals surface area contributed by atoms with Gasteiger partial charge in [-0.15, -0.1) is 0 Å². The van der Waals surface area contributed by atoms with E-state index in [1.165, 1.54) is 238 Å². The smallest absolute Gasteiger partial charge is 0.305 e. The highest BCUT2D eigenvalue weighted by Crippen LogP contribution is 2.21. The molecule has 0 aromatic heterocycles. The number of carbonyl (C=O) groups is 1. The van der Waals surface area contributed by atoms with Gasteiger partial charge in [-0.3, -0.25) is 4.79 Å². The number of carbonyl (C=O) groups excluding carboxylic acids is 1. The van der Waals surface area contributed by atoms with Crippen molar-refractivity contribution in [3.63, 3.8) is 0 Å². The van der Waals surface area contributed by atoms with Gasteiger partial charge in [0.25, 0.3) is 0 Å². The molecule has 0 aliphatic rings. The Kier molecular flexibility index (Phi) is 45.6. The third-order valence-corrected chi connectivity index (χ3v) is 12.3. The van der Waals surface area contributed by atoms with Crippen molar-refractivity contribution in [1.82, 2.24) is 4.90 Å². The molecular formula is C51H103NO3. The molecule has 0 amide bonds. The predicted molar refractivity (Wildman–Crippen MR) is 244 cm³/mol. The zero-order chi connectivity index (χ0) is 40.1. The minimum Gasteiger partial charge on any atom is -0.465 e. The number of ether oxygens (including phenoxy) is 2. The zero-order valence-electron chi connectivity index (χ0n) is 38.7. The van der Waals surface area contributed by atoms with Gasteiger partial charge in [0.15, 0.2) is 0 Å². The fourth-order valence-corrected chi connectivity index (χ4v) is 8.29. The lowest BCUT2D eigenvalue weighted by Gasteiger charge is -2.20. The van der Waals surface area contributed by atoms with Crippen LogP contribution in [0.4, 0.5) is 0 Å². The zero-order valence-corrected chi connectivity index (χ0v) is 38.7. The molecule has 0 N–H and O–H groups in total. The molecule has 55 heavy (non-hydrogen) atoms. The third-order valence-electron chi connectivity index (χ3n) is 12.3. The summed E-state index contributed by atoms with van der Waals surface area (Å²) in [6.45, 7) is 17.8. The summed E-state index contributed by atoms with van der Waals surface area (Å²) in [4.78, 5) is 15.2. The third kappa shape index (κ3) is 41.4. The van der Waals surface area contributed by atoms with Crippen molar-refractivity contribution in [2.45, 2.75) is 272 Å². The van der Waals surface area contributed by atoms with Crippen LogP contribution in [0.1, 0.15) is 272 Å². The van der Waals surface area contributed by atoms with E-state index in [4.69, 9.17) is 9.47 Å². The van der Waals surface area contributed by atoms with Crippen LogP contribution in [0, 0.1) is 11.8 Å². The van der Waals surface area contributed by atoms with E-state index in [2.05, 4.69) is 39.5 Å². The van der Waals surface area contributed by atoms with Crippen LogP contribution in [-0.2, 0) is 14.3 Å². The molecule has 4 heteroatoms. The van der Waals surface area contributed by atoms with Gasteiger partial charge in [-0.1, -0.05) is 214 Å². The molecule has 0 aromatic carbocycles. The normalized spacial score (nSPS) is 12.8. The second-order valence-corrected chi connectivity index (χ2v) is 17.7. The Bertz CT molecular complexity index is 729. The highest BCUT2D eigenvalue weighted by molar-refractivity contribution is 5.69. The van der Waals surface area contributed by atoms with E-state index in [-0.39, 0.29) is 5.97 Å². The minimum absolute atomic E-state index is 0.0411. The van der Waals surface area contributed by atoms with Crippen LogP contribution in [0.25, 0.3) is 0 Å². The Morgan fingerprint density at radius 3 is 1.18 bits per heavy atom. The molecule has 2 unspecified atom stereocenters. The molecule has 0 saturated carbocycles. The molecule has 0 radical (unpaired) electrons. The van der Waals surface area contributed by atoms with Crippen molar-refractivity contribution >= 4 is 5.97 Å². The van der Waals surface area contributed by atoms with Crippen molar-refractivity contribution < 1.29 is 14.3 Å². The number of esters is 1. The van der Waals surface area contributed by atoms with Crippen LogP contribution < -0.4 is 0 Å². The molecule has 0 aliphatic carbocycles. The van der Waals surface area contributed by atoms with Gasteiger partial charge in [0.2, 0.25) is 0 Å². The number of hydrogen-bond donors (Lipinski definition) is 0. The number of rotatable bonds is 47. The fourth-order valence-electron chi connectivity index (χ4n) is 8.29. The first kappa shape index (κ1) is 54.4. The van der Waals surface area contributed by atoms with E-state index in [9.17, 15) is 4.79 Å². The lowest BCUT2D eigenvalue weighted by atomic mass is 9.95. The summed E-state index contributed by atoms with van der Waals surface area (Å²) in [6.07, 6.45) is 48.4. The van der Waals surface area contributed by atoms with E-state index < -0.39 is 0 Å². The minimum atomic E-state index is 0.0411. The summed E-state index contributed by atoms with van der Waals surface area (Å²) in [5, 5.41) is 0. The predicted octanol–water partition coefficient (Wildman–Crippen LogP) is 16.6. The van der Waals surface area contributed by atoms with Crippen molar-refractivity contribution in [2.24, 2.45) is 11.8 Å². The first-order chi connectivity index (χ1) is 27.1. The van der Waals surface area contributed by atoms with Crippen molar-refractivity contribution in [1.29, 1.82) is 0 Å². The van der Waals surface area contributed by atoms with E-state index in [1.807, 2.05) is 0 Å². The average molecular weight is 778 g/mol. The van der Waals surface area contributed by atoms with Gasteiger partial charge in [0.1, 0.15) is 0 Å². The molecule has 0 fully saturated rings. The molecular weight excluding hydrogens is 675 g/mol. The van der Waals surface area contributed by atoms with E-state index >= 15 is 0 Å². The molecule has 0 aliphatic heterocycles. The monoisotopic (exact) mass is 778 g/mol. The summed E-state index contributed by atoms with van der Waals surface area (Å²) in [7, 11) is 0. The lowest BCUT2D eigenvalue weighted by molar-refractivity contribution is -0.145. The standard InChI is InChI=1S/C51H103NO3/c1-6-11-15-19-21-26-34-42-50(41-32-18-14-9-4)48-55-51(53)43-35-27-24-29-37-45-52(10-5)44-36-28-22-23-30-38-46-54-47-49(39-31-17-13-8-3)40-33-25-20-16-12-7-2/h49-50H,6-48H2,1-5H3. The molecule has 2 atom stereocenters. The highest BCUT2D eigenvalue weighted by Gasteiger charge is 2.13. The molecule has 0 bridgehead atoms. The molecule has 4 nitrogen and oxygen atoms in total. The maximum Gasteiger partial charge on any atom is 0.305 e. The summed E-state index contributed by atoms with van der Waals surface area (Å²) in [5.74, 6) is 1.40. The van der Waals surface area contributed by atoms with Crippen LogP contribution >= 0.6 is 0 Å². The Labute approximate surface area is 347 Å². The average Bonchev–Trinajstić information content (AvgIpc) is 3.19. The molecule has 0 heterocycles. The Balaban J connectivity index is 3.90. The summed E-state index contributed by atoms with van der Waals surface area (Å²) < 4.78 is 12.1. The van der Waals surface area contributed by atoms with Gasteiger partial charge >= 0.3 is 5.97 Å².